The van der Waals surface area contributed by atoms with E-state index < -0.39 is 0 Å². The Hall–Kier alpha value is -0.340. The maximum Gasteiger partial charge on any atom is 0.0220 e. The van der Waals surface area contributed by atoms with Crippen LogP contribution in [0.15, 0.2) is 28.7 Å². The smallest absolute Gasteiger partial charge is 0.0220 e. The van der Waals surface area contributed by atoms with Gasteiger partial charge in [0.15, 0.2) is 0 Å². The molecule has 1 saturated carbocycles. The van der Waals surface area contributed by atoms with Gasteiger partial charge in [0.05, 0.1) is 0 Å². The maximum atomic E-state index is 3.61. The highest BCUT2D eigenvalue weighted by Crippen LogP contribution is 2.47. The van der Waals surface area contributed by atoms with Gasteiger partial charge in [0.1, 0.15) is 0 Å². The number of rotatable bonds is 4. The molecule has 82 valence electrons. The number of hydrogen-bond donors (Lipinski definition) is 1. The Kier molecular flexibility index (Phi) is 3.17. The Labute approximate surface area is 100 Å². The molecule has 0 amide bonds. The molecule has 1 aliphatic carbocycles. The summed E-state index contributed by atoms with van der Waals surface area (Å²) in [4.78, 5) is 0. The van der Waals surface area contributed by atoms with E-state index in [1.54, 1.807) is 0 Å². The van der Waals surface area contributed by atoms with Gasteiger partial charge in [-0.25, -0.2) is 0 Å². The summed E-state index contributed by atoms with van der Waals surface area (Å²) in [5, 5.41) is 3.61. The van der Waals surface area contributed by atoms with Crippen LogP contribution in [0.1, 0.15) is 32.3 Å². The molecule has 15 heavy (non-hydrogen) atoms. The van der Waals surface area contributed by atoms with Crippen LogP contribution in [0.4, 0.5) is 0 Å². The van der Waals surface area contributed by atoms with Gasteiger partial charge in [-0.05, 0) is 36.8 Å². The predicted octanol–water partition coefficient (Wildman–Crippen LogP) is 3.73. The Bertz CT molecular complexity index is 344. The van der Waals surface area contributed by atoms with E-state index in [-0.39, 0.29) is 0 Å². The van der Waals surface area contributed by atoms with Gasteiger partial charge in [-0.3, -0.25) is 0 Å². The molecule has 0 spiro atoms. The highest BCUT2D eigenvalue weighted by molar-refractivity contribution is 9.10. The monoisotopic (exact) mass is 267 g/mol. The molecule has 1 N–H and O–H groups in total. The van der Waals surface area contributed by atoms with Gasteiger partial charge in [-0.1, -0.05) is 41.1 Å². The molecule has 1 atom stereocenters. The van der Waals surface area contributed by atoms with Crippen LogP contribution in [0.25, 0.3) is 0 Å². The standard InChI is InChI=1S/C13H18BrN/c1-10(13(2)7-8-13)15-9-11-5-3-4-6-12(11)14/h3-6,10,15H,7-9H2,1-2H3. The molecule has 0 saturated heterocycles. The van der Waals surface area contributed by atoms with E-state index in [0.29, 0.717) is 11.5 Å². The first-order valence-electron chi connectivity index (χ1n) is 5.59. The van der Waals surface area contributed by atoms with Gasteiger partial charge in [-0.2, -0.15) is 0 Å². The molecule has 1 nitrogen and oxygen atoms in total. The molecule has 1 fully saturated rings. The van der Waals surface area contributed by atoms with E-state index >= 15 is 0 Å². The van der Waals surface area contributed by atoms with Gasteiger partial charge in [0, 0.05) is 17.1 Å². The number of hydrogen-bond acceptors (Lipinski definition) is 1. The van der Waals surface area contributed by atoms with E-state index in [1.165, 1.54) is 22.9 Å². The van der Waals surface area contributed by atoms with Gasteiger partial charge in [-0.15, -0.1) is 0 Å². The highest BCUT2D eigenvalue weighted by atomic mass is 79.9. The van der Waals surface area contributed by atoms with E-state index in [0.717, 1.165) is 6.54 Å². The van der Waals surface area contributed by atoms with Crippen LogP contribution < -0.4 is 5.32 Å². The van der Waals surface area contributed by atoms with Gasteiger partial charge >= 0.3 is 0 Å². The lowest BCUT2D eigenvalue weighted by atomic mass is 10.0. The normalized spacial score (nSPS) is 19.9. The van der Waals surface area contributed by atoms with Crippen molar-refractivity contribution in [1.29, 1.82) is 0 Å². The van der Waals surface area contributed by atoms with Crippen LogP contribution >= 0.6 is 15.9 Å². The van der Waals surface area contributed by atoms with Crippen molar-refractivity contribution in [3.05, 3.63) is 34.3 Å². The molecule has 2 rings (SSSR count). The largest absolute Gasteiger partial charge is 0.310 e. The van der Waals surface area contributed by atoms with Crippen LogP contribution in [-0.2, 0) is 6.54 Å². The fourth-order valence-corrected chi connectivity index (χ4v) is 2.21. The number of benzene rings is 1. The first-order valence-corrected chi connectivity index (χ1v) is 6.38. The van der Waals surface area contributed by atoms with Crippen molar-refractivity contribution in [3.63, 3.8) is 0 Å². The van der Waals surface area contributed by atoms with Crippen molar-refractivity contribution in [3.8, 4) is 0 Å². The van der Waals surface area contributed by atoms with Crippen molar-refractivity contribution in [1.82, 2.24) is 5.32 Å². The van der Waals surface area contributed by atoms with E-state index in [1.807, 2.05) is 0 Å². The summed E-state index contributed by atoms with van der Waals surface area (Å²) in [6.45, 7) is 5.62. The summed E-state index contributed by atoms with van der Waals surface area (Å²) in [5.41, 5.74) is 1.90. The third kappa shape index (κ3) is 2.61. The molecule has 1 aromatic rings. The minimum Gasteiger partial charge on any atom is -0.310 e. The predicted molar refractivity (Wildman–Crippen MR) is 67.8 cm³/mol. The summed E-state index contributed by atoms with van der Waals surface area (Å²) in [6, 6.07) is 9.02. The quantitative estimate of drug-likeness (QED) is 0.877. The SMILES string of the molecule is CC(NCc1ccccc1Br)C1(C)CC1. The lowest BCUT2D eigenvalue weighted by Gasteiger charge is -2.20. The van der Waals surface area contributed by atoms with Crippen molar-refractivity contribution < 1.29 is 0 Å². The first kappa shape index (κ1) is 11.2. The number of nitrogens with one attached hydrogen (secondary N) is 1. The third-order valence-electron chi connectivity index (χ3n) is 3.64. The van der Waals surface area contributed by atoms with Crippen LogP contribution in [0, 0.1) is 5.41 Å². The first-order chi connectivity index (χ1) is 7.12. The Morgan fingerprint density at radius 1 is 1.40 bits per heavy atom. The molecule has 0 aliphatic heterocycles. The Balaban J connectivity index is 1.90. The fourth-order valence-electron chi connectivity index (χ4n) is 1.78. The van der Waals surface area contributed by atoms with Gasteiger partial charge in [0.25, 0.3) is 0 Å². The van der Waals surface area contributed by atoms with Gasteiger partial charge < -0.3 is 5.32 Å². The molecule has 0 aromatic heterocycles. The molecular formula is C13H18BrN. The van der Waals surface area contributed by atoms with Crippen molar-refractivity contribution >= 4 is 15.9 Å². The number of halogens is 1. The van der Waals surface area contributed by atoms with Crippen LogP contribution in [0.2, 0.25) is 0 Å². The third-order valence-corrected chi connectivity index (χ3v) is 4.41. The molecule has 1 aliphatic rings. The molecule has 0 bridgehead atoms. The Morgan fingerprint density at radius 3 is 2.67 bits per heavy atom. The van der Waals surface area contributed by atoms with E-state index in [9.17, 15) is 0 Å². The maximum absolute atomic E-state index is 3.61. The summed E-state index contributed by atoms with van der Waals surface area (Å²) < 4.78 is 1.20. The molecule has 1 unspecified atom stereocenters. The molecule has 0 heterocycles. The Morgan fingerprint density at radius 2 is 2.07 bits per heavy atom. The summed E-state index contributed by atoms with van der Waals surface area (Å²) in [6.07, 6.45) is 2.74. The van der Waals surface area contributed by atoms with Crippen molar-refractivity contribution in [2.24, 2.45) is 5.41 Å². The molecular weight excluding hydrogens is 250 g/mol. The second kappa shape index (κ2) is 4.26. The second-order valence-corrected chi connectivity index (χ2v) is 5.70. The second-order valence-electron chi connectivity index (χ2n) is 4.85. The molecule has 2 heteroatoms. The average molecular weight is 268 g/mol. The zero-order chi connectivity index (χ0) is 10.9. The lowest BCUT2D eigenvalue weighted by molar-refractivity contribution is 0.379. The van der Waals surface area contributed by atoms with Crippen molar-refractivity contribution in [2.75, 3.05) is 0 Å². The van der Waals surface area contributed by atoms with Gasteiger partial charge in [0.2, 0.25) is 0 Å². The topological polar surface area (TPSA) is 12.0 Å². The summed E-state index contributed by atoms with van der Waals surface area (Å²) >= 11 is 3.57. The van der Waals surface area contributed by atoms with Crippen LogP contribution in [-0.4, -0.2) is 6.04 Å². The summed E-state index contributed by atoms with van der Waals surface area (Å²) in [5.74, 6) is 0. The molecule has 1 aromatic carbocycles. The van der Waals surface area contributed by atoms with E-state index in [2.05, 4.69) is 59.4 Å². The fraction of sp³-hybridized carbons (Fsp3) is 0.538. The minimum absolute atomic E-state index is 0.557. The lowest BCUT2D eigenvalue weighted by Crippen LogP contribution is -2.32. The van der Waals surface area contributed by atoms with E-state index in [4.69, 9.17) is 0 Å². The highest BCUT2D eigenvalue weighted by Gasteiger charge is 2.42. The summed E-state index contributed by atoms with van der Waals surface area (Å²) in [7, 11) is 0. The minimum atomic E-state index is 0.557. The zero-order valence-corrected chi connectivity index (χ0v) is 11.0. The zero-order valence-electron chi connectivity index (χ0n) is 9.39. The van der Waals surface area contributed by atoms with Crippen LogP contribution in [0.5, 0.6) is 0 Å². The van der Waals surface area contributed by atoms with Crippen LogP contribution in [0.3, 0.4) is 0 Å². The van der Waals surface area contributed by atoms with Crippen molar-refractivity contribution in [2.45, 2.75) is 39.3 Å². The molecule has 0 radical (unpaired) electrons. The average Bonchev–Trinajstić information content (AvgIpc) is 2.96.